The molecule has 1 heterocycles. The van der Waals surface area contributed by atoms with Crippen LogP contribution >= 0.6 is 0 Å². The molecule has 0 aromatic heterocycles. The van der Waals surface area contributed by atoms with Crippen LogP contribution in [0.2, 0.25) is 0 Å². The van der Waals surface area contributed by atoms with Gasteiger partial charge < -0.3 is 5.32 Å². The highest BCUT2D eigenvalue weighted by atomic mass is 16.1. The summed E-state index contributed by atoms with van der Waals surface area (Å²) in [7, 11) is 0. The SMILES string of the molecule is CC[C@H]1CN[C@H](CC(C)C)C1=O. The fraction of sp³-hybridized carbons (Fsp3) is 0.900. The number of hydrogen-bond acceptors (Lipinski definition) is 2. The molecule has 0 bridgehead atoms. The zero-order chi connectivity index (χ0) is 9.14. The Morgan fingerprint density at radius 3 is 2.67 bits per heavy atom. The summed E-state index contributed by atoms with van der Waals surface area (Å²) >= 11 is 0. The van der Waals surface area contributed by atoms with Gasteiger partial charge in [-0.2, -0.15) is 0 Å². The molecule has 0 spiro atoms. The molecular weight excluding hydrogens is 150 g/mol. The molecular formula is C10H19NO. The first-order valence-electron chi connectivity index (χ1n) is 4.92. The van der Waals surface area contributed by atoms with Crippen molar-refractivity contribution in [3.05, 3.63) is 0 Å². The molecule has 1 aliphatic rings. The number of carbonyl (C=O) groups is 1. The topological polar surface area (TPSA) is 29.1 Å². The highest BCUT2D eigenvalue weighted by molar-refractivity contribution is 5.88. The maximum atomic E-state index is 11.6. The zero-order valence-corrected chi connectivity index (χ0v) is 8.26. The predicted molar refractivity (Wildman–Crippen MR) is 50.0 cm³/mol. The second-order valence-corrected chi connectivity index (χ2v) is 4.10. The summed E-state index contributed by atoms with van der Waals surface area (Å²) in [6.07, 6.45) is 1.98. The number of nitrogens with one attached hydrogen (secondary N) is 1. The van der Waals surface area contributed by atoms with Gasteiger partial charge in [-0.15, -0.1) is 0 Å². The van der Waals surface area contributed by atoms with Gasteiger partial charge in [0.1, 0.15) is 0 Å². The first-order chi connectivity index (χ1) is 5.65. The Morgan fingerprint density at radius 1 is 1.58 bits per heavy atom. The van der Waals surface area contributed by atoms with Crippen LogP contribution in [0, 0.1) is 11.8 Å². The van der Waals surface area contributed by atoms with Crippen molar-refractivity contribution in [3.8, 4) is 0 Å². The summed E-state index contributed by atoms with van der Waals surface area (Å²) in [5, 5.41) is 3.29. The van der Waals surface area contributed by atoms with Crippen LogP contribution in [-0.2, 0) is 4.79 Å². The molecule has 0 aromatic rings. The first kappa shape index (κ1) is 9.72. The van der Waals surface area contributed by atoms with Gasteiger partial charge in [0.25, 0.3) is 0 Å². The standard InChI is InChI=1S/C10H19NO/c1-4-8-6-11-9(10(8)12)5-7(2)3/h7-9,11H,4-6H2,1-3H3/t8-,9+/m0/s1. The zero-order valence-electron chi connectivity index (χ0n) is 8.26. The first-order valence-corrected chi connectivity index (χ1v) is 4.92. The van der Waals surface area contributed by atoms with Crippen LogP contribution in [-0.4, -0.2) is 18.4 Å². The number of ketones is 1. The second-order valence-electron chi connectivity index (χ2n) is 4.10. The van der Waals surface area contributed by atoms with Gasteiger partial charge in [-0.25, -0.2) is 0 Å². The van der Waals surface area contributed by atoms with Crippen LogP contribution in [0.15, 0.2) is 0 Å². The predicted octanol–water partition coefficient (Wildman–Crippen LogP) is 1.60. The molecule has 0 aromatic carbocycles. The van der Waals surface area contributed by atoms with Crippen molar-refractivity contribution in [1.29, 1.82) is 0 Å². The maximum Gasteiger partial charge on any atom is 0.154 e. The van der Waals surface area contributed by atoms with E-state index in [1.54, 1.807) is 0 Å². The van der Waals surface area contributed by atoms with Crippen molar-refractivity contribution in [2.75, 3.05) is 6.54 Å². The van der Waals surface area contributed by atoms with E-state index >= 15 is 0 Å². The fourth-order valence-corrected chi connectivity index (χ4v) is 1.79. The molecule has 70 valence electrons. The van der Waals surface area contributed by atoms with Crippen molar-refractivity contribution in [1.82, 2.24) is 5.32 Å². The second kappa shape index (κ2) is 4.04. The van der Waals surface area contributed by atoms with Crippen LogP contribution in [0.25, 0.3) is 0 Å². The average Bonchev–Trinajstić information content (AvgIpc) is 2.32. The molecule has 12 heavy (non-hydrogen) atoms. The van der Waals surface area contributed by atoms with E-state index in [1.165, 1.54) is 0 Å². The minimum atomic E-state index is 0.148. The maximum absolute atomic E-state index is 11.6. The van der Waals surface area contributed by atoms with Crippen molar-refractivity contribution in [2.24, 2.45) is 11.8 Å². The molecule has 1 rings (SSSR count). The van der Waals surface area contributed by atoms with E-state index in [0.717, 1.165) is 19.4 Å². The van der Waals surface area contributed by atoms with Crippen molar-refractivity contribution < 1.29 is 4.79 Å². The van der Waals surface area contributed by atoms with Gasteiger partial charge >= 0.3 is 0 Å². The summed E-state index contributed by atoms with van der Waals surface area (Å²) in [5.74, 6) is 1.34. The molecule has 1 aliphatic heterocycles. The van der Waals surface area contributed by atoms with Crippen LogP contribution < -0.4 is 5.32 Å². The summed E-state index contributed by atoms with van der Waals surface area (Å²) in [6, 6.07) is 0.148. The average molecular weight is 169 g/mol. The van der Waals surface area contributed by atoms with Crippen LogP contribution in [0.4, 0.5) is 0 Å². The van der Waals surface area contributed by atoms with Gasteiger partial charge in [0.15, 0.2) is 5.78 Å². The van der Waals surface area contributed by atoms with Gasteiger partial charge in [-0.05, 0) is 18.8 Å². The summed E-state index contributed by atoms with van der Waals surface area (Å²) in [4.78, 5) is 11.6. The lowest BCUT2D eigenvalue weighted by atomic mass is 9.96. The molecule has 1 N–H and O–H groups in total. The van der Waals surface area contributed by atoms with Crippen molar-refractivity contribution in [2.45, 2.75) is 39.7 Å². The number of Topliss-reactive ketones (excluding diaryl/α,β-unsaturated/α-hetero) is 1. The molecule has 0 unspecified atom stereocenters. The quantitative estimate of drug-likeness (QED) is 0.695. The number of carbonyl (C=O) groups excluding carboxylic acids is 1. The lowest BCUT2D eigenvalue weighted by molar-refractivity contribution is -0.122. The Labute approximate surface area is 74.7 Å². The molecule has 0 amide bonds. The molecule has 2 heteroatoms. The van der Waals surface area contributed by atoms with E-state index in [2.05, 4.69) is 26.1 Å². The minimum Gasteiger partial charge on any atom is -0.307 e. The highest BCUT2D eigenvalue weighted by Gasteiger charge is 2.32. The lowest BCUT2D eigenvalue weighted by Crippen LogP contribution is -2.28. The molecule has 2 atom stereocenters. The Kier molecular flexibility index (Phi) is 3.27. The summed E-state index contributed by atoms with van der Waals surface area (Å²) < 4.78 is 0. The van der Waals surface area contributed by atoms with Crippen molar-refractivity contribution in [3.63, 3.8) is 0 Å². The Hall–Kier alpha value is -0.370. The molecule has 1 fully saturated rings. The van der Waals surface area contributed by atoms with E-state index in [0.29, 0.717) is 11.7 Å². The fourth-order valence-electron chi connectivity index (χ4n) is 1.79. The van der Waals surface area contributed by atoms with Gasteiger partial charge in [0, 0.05) is 12.5 Å². The Balaban J connectivity index is 2.44. The van der Waals surface area contributed by atoms with Gasteiger partial charge in [0.2, 0.25) is 0 Å². The van der Waals surface area contributed by atoms with Crippen LogP contribution in [0.3, 0.4) is 0 Å². The monoisotopic (exact) mass is 169 g/mol. The van der Waals surface area contributed by atoms with Crippen LogP contribution in [0.1, 0.15) is 33.6 Å². The Morgan fingerprint density at radius 2 is 2.25 bits per heavy atom. The van der Waals surface area contributed by atoms with Gasteiger partial charge in [0.05, 0.1) is 6.04 Å². The third-order valence-corrected chi connectivity index (χ3v) is 2.56. The van der Waals surface area contributed by atoms with E-state index in [9.17, 15) is 4.79 Å². The van der Waals surface area contributed by atoms with E-state index in [-0.39, 0.29) is 12.0 Å². The number of rotatable bonds is 3. The normalized spacial score (nSPS) is 30.2. The largest absolute Gasteiger partial charge is 0.307 e. The van der Waals surface area contributed by atoms with E-state index in [1.807, 2.05) is 0 Å². The van der Waals surface area contributed by atoms with Gasteiger partial charge in [-0.3, -0.25) is 4.79 Å². The van der Waals surface area contributed by atoms with E-state index in [4.69, 9.17) is 0 Å². The molecule has 2 nitrogen and oxygen atoms in total. The van der Waals surface area contributed by atoms with Crippen molar-refractivity contribution >= 4 is 5.78 Å². The van der Waals surface area contributed by atoms with Gasteiger partial charge in [-0.1, -0.05) is 20.8 Å². The lowest BCUT2D eigenvalue weighted by Gasteiger charge is -2.11. The minimum absolute atomic E-state index is 0.148. The summed E-state index contributed by atoms with van der Waals surface area (Å²) in [5.41, 5.74) is 0. The number of hydrogen-bond donors (Lipinski definition) is 1. The smallest absolute Gasteiger partial charge is 0.154 e. The molecule has 0 radical (unpaired) electrons. The third-order valence-electron chi connectivity index (χ3n) is 2.56. The third kappa shape index (κ3) is 2.07. The summed E-state index contributed by atoms with van der Waals surface area (Å²) in [6.45, 7) is 7.30. The highest BCUT2D eigenvalue weighted by Crippen LogP contribution is 2.18. The van der Waals surface area contributed by atoms with Crippen LogP contribution in [0.5, 0.6) is 0 Å². The van der Waals surface area contributed by atoms with E-state index < -0.39 is 0 Å². The molecule has 1 saturated heterocycles. The molecule has 0 aliphatic carbocycles. The molecule has 0 saturated carbocycles. The Bertz CT molecular complexity index is 165.